The molecule has 0 bridgehead atoms. The zero-order valence-corrected chi connectivity index (χ0v) is 17.7. The van der Waals surface area contributed by atoms with Gasteiger partial charge in [-0.25, -0.2) is 8.42 Å². The van der Waals surface area contributed by atoms with Crippen LogP contribution in [0.3, 0.4) is 0 Å². The molecule has 1 fully saturated rings. The van der Waals surface area contributed by atoms with Crippen molar-refractivity contribution >= 4 is 44.9 Å². The van der Waals surface area contributed by atoms with E-state index in [1.165, 1.54) is 28.2 Å². The fourth-order valence-corrected chi connectivity index (χ4v) is 5.44. The first-order chi connectivity index (χ1) is 13.9. The molecule has 0 radical (unpaired) electrons. The van der Waals surface area contributed by atoms with E-state index in [-0.39, 0.29) is 29.6 Å². The molecule has 4 rings (SSSR count). The zero-order valence-electron chi connectivity index (χ0n) is 15.3. The summed E-state index contributed by atoms with van der Waals surface area (Å²) < 4.78 is 28.7. The van der Waals surface area contributed by atoms with Gasteiger partial charge in [-0.1, -0.05) is 29.4 Å². The highest BCUT2D eigenvalue weighted by Gasteiger charge is 2.30. The summed E-state index contributed by atoms with van der Waals surface area (Å²) in [5, 5.41) is 9.31. The molecular weight excluding hydrogens is 434 g/mol. The molecule has 11 heteroatoms. The van der Waals surface area contributed by atoms with Gasteiger partial charge in [-0.15, -0.1) is 10.2 Å². The number of aromatic nitrogens is 3. The summed E-state index contributed by atoms with van der Waals surface area (Å²) >= 11 is 7.15. The quantitative estimate of drug-likeness (QED) is 0.551. The fourth-order valence-electron chi connectivity index (χ4n) is 3.07. The van der Waals surface area contributed by atoms with E-state index in [9.17, 15) is 13.2 Å². The number of sulfonamides is 1. The number of thioether (sulfide) groups is 1. The van der Waals surface area contributed by atoms with E-state index in [1.54, 1.807) is 17.0 Å². The Bertz CT molecular complexity index is 1130. The zero-order chi connectivity index (χ0) is 20.4. The van der Waals surface area contributed by atoms with Crippen molar-refractivity contribution < 1.29 is 13.2 Å². The Morgan fingerprint density at radius 2 is 1.76 bits per heavy atom. The van der Waals surface area contributed by atoms with Crippen molar-refractivity contribution in [3.05, 3.63) is 53.7 Å². The molecular formula is C18H18ClN5O3S2. The number of carbonyl (C=O) groups is 1. The van der Waals surface area contributed by atoms with Crippen molar-refractivity contribution in [2.24, 2.45) is 0 Å². The Hall–Kier alpha value is -2.14. The molecule has 152 valence electrons. The van der Waals surface area contributed by atoms with Gasteiger partial charge in [0, 0.05) is 37.4 Å². The van der Waals surface area contributed by atoms with E-state index in [0.717, 1.165) is 5.65 Å². The highest BCUT2D eigenvalue weighted by atomic mass is 35.5. The lowest BCUT2D eigenvalue weighted by Gasteiger charge is -2.34. The van der Waals surface area contributed by atoms with E-state index in [1.807, 2.05) is 28.8 Å². The van der Waals surface area contributed by atoms with Crippen LogP contribution in [0.2, 0.25) is 5.02 Å². The number of piperazine rings is 1. The Balaban J connectivity index is 1.34. The Morgan fingerprint density at radius 1 is 1.03 bits per heavy atom. The monoisotopic (exact) mass is 451 g/mol. The van der Waals surface area contributed by atoms with Gasteiger partial charge in [-0.05, 0) is 36.4 Å². The number of benzene rings is 1. The highest BCUT2D eigenvalue weighted by Crippen LogP contribution is 2.21. The minimum Gasteiger partial charge on any atom is -0.339 e. The van der Waals surface area contributed by atoms with Crippen molar-refractivity contribution in [2.75, 3.05) is 31.9 Å². The van der Waals surface area contributed by atoms with Crippen molar-refractivity contribution in [3.8, 4) is 0 Å². The van der Waals surface area contributed by atoms with Gasteiger partial charge in [0.1, 0.15) is 0 Å². The molecule has 0 unspecified atom stereocenters. The van der Waals surface area contributed by atoms with Crippen LogP contribution in [0.1, 0.15) is 0 Å². The summed E-state index contributed by atoms with van der Waals surface area (Å²) in [5.74, 6) is 0.172. The molecule has 8 nitrogen and oxygen atoms in total. The van der Waals surface area contributed by atoms with Crippen molar-refractivity contribution in [1.29, 1.82) is 0 Å². The lowest BCUT2D eigenvalue weighted by Crippen LogP contribution is -2.50. The predicted molar refractivity (Wildman–Crippen MR) is 111 cm³/mol. The van der Waals surface area contributed by atoms with E-state index >= 15 is 0 Å². The van der Waals surface area contributed by atoms with Crippen LogP contribution in [0.4, 0.5) is 0 Å². The molecule has 0 spiro atoms. The molecule has 3 aromatic rings. The molecule has 1 amide bonds. The number of nitrogens with zero attached hydrogens (tertiary/aromatic N) is 5. The van der Waals surface area contributed by atoms with Crippen LogP contribution in [0.5, 0.6) is 0 Å². The van der Waals surface area contributed by atoms with Crippen LogP contribution in [-0.4, -0.2) is 70.1 Å². The third-order valence-electron chi connectivity index (χ3n) is 4.65. The molecule has 3 heterocycles. The fraction of sp³-hybridized carbons (Fsp3) is 0.278. The molecule has 1 saturated heterocycles. The lowest BCUT2D eigenvalue weighted by atomic mass is 10.3. The van der Waals surface area contributed by atoms with Crippen LogP contribution in [0, 0.1) is 0 Å². The summed E-state index contributed by atoms with van der Waals surface area (Å²) in [7, 11) is -3.59. The van der Waals surface area contributed by atoms with Crippen LogP contribution in [-0.2, 0) is 14.8 Å². The number of carbonyl (C=O) groups excluding carboxylic acids is 1. The second kappa shape index (κ2) is 8.31. The second-order valence-electron chi connectivity index (χ2n) is 6.44. The molecule has 29 heavy (non-hydrogen) atoms. The predicted octanol–water partition coefficient (Wildman–Crippen LogP) is 2.01. The molecule has 1 aliphatic heterocycles. The number of hydrogen-bond donors (Lipinski definition) is 0. The maximum atomic E-state index is 12.7. The Kier molecular flexibility index (Phi) is 5.77. The van der Waals surface area contributed by atoms with Gasteiger partial charge in [0.05, 0.1) is 10.6 Å². The van der Waals surface area contributed by atoms with Crippen LogP contribution >= 0.6 is 23.4 Å². The van der Waals surface area contributed by atoms with Crippen molar-refractivity contribution in [1.82, 2.24) is 23.8 Å². The van der Waals surface area contributed by atoms with Crippen molar-refractivity contribution in [3.63, 3.8) is 0 Å². The normalized spacial score (nSPS) is 15.7. The third-order valence-corrected chi connectivity index (χ3v) is 7.74. The summed E-state index contributed by atoms with van der Waals surface area (Å²) in [5.41, 5.74) is 0.725. The minimum atomic E-state index is -3.59. The molecule has 0 N–H and O–H groups in total. The largest absolute Gasteiger partial charge is 0.339 e. The van der Waals surface area contributed by atoms with Gasteiger partial charge in [-0.3, -0.25) is 9.20 Å². The van der Waals surface area contributed by atoms with Gasteiger partial charge in [-0.2, -0.15) is 4.31 Å². The average molecular weight is 452 g/mol. The summed E-state index contributed by atoms with van der Waals surface area (Å²) in [6, 6.07) is 11.7. The summed E-state index contributed by atoms with van der Waals surface area (Å²) in [6.07, 6.45) is 1.85. The molecule has 2 aromatic heterocycles. The molecule has 0 aliphatic carbocycles. The Morgan fingerprint density at radius 3 is 2.48 bits per heavy atom. The molecule has 1 aromatic carbocycles. The van der Waals surface area contributed by atoms with Gasteiger partial charge < -0.3 is 4.90 Å². The standard InChI is InChI=1S/C18H18ClN5O3S2/c19-14-4-6-15(7-5-14)29(26,27)23-11-9-22(10-12-23)17(25)13-28-18-21-20-16-3-1-2-8-24(16)18/h1-8H,9-13H2. The second-order valence-corrected chi connectivity index (χ2v) is 9.76. The average Bonchev–Trinajstić information content (AvgIpc) is 3.15. The molecule has 0 atom stereocenters. The summed E-state index contributed by atoms with van der Waals surface area (Å²) in [6.45, 7) is 1.23. The van der Waals surface area contributed by atoms with E-state index in [0.29, 0.717) is 23.3 Å². The molecule has 0 saturated carbocycles. The first-order valence-electron chi connectivity index (χ1n) is 8.91. The van der Waals surface area contributed by atoms with E-state index in [4.69, 9.17) is 11.6 Å². The smallest absolute Gasteiger partial charge is 0.243 e. The maximum absolute atomic E-state index is 12.7. The number of halogens is 1. The number of pyridine rings is 1. The number of hydrogen-bond acceptors (Lipinski definition) is 6. The number of amides is 1. The Labute approximate surface area is 177 Å². The summed E-state index contributed by atoms with van der Waals surface area (Å²) in [4.78, 5) is 14.4. The maximum Gasteiger partial charge on any atom is 0.243 e. The lowest BCUT2D eigenvalue weighted by molar-refractivity contribution is -0.129. The number of fused-ring (bicyclic) bond motifs is 1. The molecule has 1 aliphatic rings. The minimum absolute atomic E-state index is 0.0498. The highest BCUT2D eigenvalue weighted by molar-refractivity contribution is 7.99. The van der Waals surface area contributed by atoms with Gasteiger partial charge in [0.25, 0.3) is 0 Å². The van der Waals surface area contributed by atoms with E-state index in [2.05, 4.69) is 10.2 Å². The third kappa shape index (κ3) is 4.25. The van der Waals surface area contributed by atoms with Crippen LogP contribution in [0.25, 0.3) is 5.65 Å². The first kappa shape index (κ1) is 20.1. The topological polar surface area (TPSA) is 87.9 Å². The van der Waals surface area contributed by atoms with Crippen LogP contribution in [0.15, 0.2) is 58.7 Å². The van der Waals surface area contributed by atoms with Gasteiger partial charge in [0.15, 0.2) is 10.8 Å². The van der Waals surface area contributed by atoms with Crippen LogP contribution < -0.4 is 0 Å². The number of rotatable bonds is 5. The van der Waals surface area contributed by atoms with Gasteiger partial charge in [0.2, 0.25) is 15.9 Å². The van der Waals surface area contributed by atoms with E-state index < -0.39 is 10.0 Å². The first-order valence-corrected chi connectivity index (χ1v) is 11.7. The van der Waals surface area contributed by atoms with Crippen molar-refractivity contribution in [2.45, 2.75) is 10.1 Å². The SMILES string of the molecule is O=C(CSc1nnc2ccccn12)N1CCN(S(=O)(=O)c2ccc(Cl)cc2)CC1. The van der Waals surface area contributed by atoms with Gasteiger partial charge >= 0.3 is 0 Å².